The maximum atomic E-state index is 11.9. The molecule has 0 atom stereocenters. The van der Waals surface area contributed by atoms with E-state index in [0.29, 0.717) is 0 Å². The van der Waals surface area contributed by atoms with E-state index in [1.165, 1.54) is 23.0 Å². The fourth-order valence-electron chi connectivity index (χ4n) is 1.40. The van der Waals surface area contributed by atoms with Crippen molar-refractivity contribution in [1.82, 2.24) is 25.5 Å². The molecule has 0 fully saturated rings. The number of carbonyl (C=O) groups is 1. The van der Waals surface area contributed by atoms with Gasteiger partial charge in [-0.25, -0.2) is 0 Å². The minimum Gasteiger partial charge on any atom is -0.299 e. The van der Waals surface area contributed by atoms with Crippen LogP contribution in [0.4, 0.5) is 11.6 Å². The number of hydrogen-bond acceptors (Lipinski definition) is 7. The van der Waals surface area contributed by atoms with E-state index in [1.807, 2.05) is 0 Å². The number of benzene rings is 1. The van der Waals surface area contributed by atoms with E-state index in [2.05, 4.69) is 26.0 Å². The lowest BCUT2D eigenvalue weighted by Gasteiger charge is -2.06. The van der Waals surface area contributed by atoms with Gasteiger partial charge in [0.1, 0.15) is 0 Å². The third-order valence-electron chi connectivity index (χ3n) is 2.28. The van der Waals surface area contributed by atoms with Crippen LogP contribution in [0.1, 0.15) is 10.4 Å². The zero-order valence-electron chi connectivity index (χ0n) is 10.7. The van der Waals surface area contributed by atoms with Crippen molar-refractivity contribution >= 4 is 34.9 Å². The van der Waals surface area contributed by atoms with Crippen LogP contribution in [0.15, 0.2) is 24.3 Å². The standard InChI is InChI=1S/C10H9N7O3S/c1-16-14-9(13-15-16)12-10(21)11-8(18)6-3-2-4-7(5-6)17(19)20/h2-5H,1H3,(H2,11,12,14,18,21). The van der Waals surface area contributed by atoms with Crippen LogP contribution in [-0.2, 0) is 7.05 Å². The van der Waals surface area contributed by atoms with Gasteiger partial charge in [0, 0.05) is 17.7 Å². The van der Waals surface area contributed by atoms with Crippen LogP contribution in [0.2, 0.25) is 0 Å². The molecule has 0 saturated carbocycles. The predicted octanol–water partition coefficient (Wildman–Crippen LogP) is 0.245. The molecule has 1 aromatic heterocycles. The summed E-state index contributed by atoms with van der Waals surface area (Å²) in [6, 6.07) is 5.29. The Bertz CT molecular complexity index is 714. The highest BCUT2D eigenvalue weighted by Crippen LogP contribution is 2.12. The SMILES string of the molecule is Cn1nnc(NC(=S)NC(=O)c2cccc([N+](=O)[O-])c2)n1. The Morgan fingerprint density at radius 3 is 2.86 bits per heavy atom. The van der Waals surface area contributed by atoms with Crippen LogP contribution < -0.4 is 10.6 Å². The molecule has 0 unspecified atom stereocenters. The van der Waals surface area contributed by atoms with Gasteiger partial charge in [-0.15, -0.1) is 5.10 Å². The molecule has 11 heteroatoms. The second kappa shape index (κ2) is 6.00. The molecular weight excluding hydrogens is 298 g/mol. The van der Waals surface area contributed by atoms with Gasteiger partial charge in [-0.05, 0) is 23.5 Å². The van der Waals surface area contributed by atoms with E-state index in [0.717, 1.165) is 6.07 Å². The number of aryl methyl sites for hydroxylation is 1. The zero-order valence-corrected chi connectivity index (χ0v) is 11.5. The number of carbonyl (C=O) groups excluding carboxylic acids is 1. The van der Waals surface area contributed by atoms with Crippen molar-refractivity contribution in [2.75, 3.05) is 5.32 Å². The lowest BCUT2D eigenvalue weighted by Crippen LogP contribution is -2.34. The van der Waals surface area contributed by atoms with Crippen molar-refractivity contribution in [2.24, 2.45) is 7.05 Å². The van der Waals surface area contributed by atoms with Crippen molar-refractivity contribution in [2.45, 2.75) is 0 Å². The number of anilines is 1. The third kappa shape index (κ3) is 3.76. The topological polar surface area (TPSA) is 128 Å². The second-order valence-electron chi connectivity index (χ2n) is 3.82. The number of amides is 1. The van der Waals surface area contributed by atoms with Crippen LogP contribution in [0.3, 0.4) is 0 Å². The van der Waals surface area contributed by atoms with Gasteiger partial charge >= 0.3 is 0 Å². The molecule has 21 heavy (non-hydrogen) atoms. The molecule has 1 aromatic carbocycles. The van der Waals surface area contributed by atoms with E-state index >= 15 is 0 Å². The highest BCUT2D eigenvalue weighted by molar-refractivity contribution is 7.80. The first-order chi connectivity index (χ1) is 9.95. The lowest BCUT2D eigenvalue weighted by atomic mass is 10.2. The van der Waals surface area contributed by atoms with Crippen LogP contribution in [0.25, 0.3) is 0 Å². The number of non-ortho nitro benzene ring substituents is 1. The number of nitro groups is 1. The molecule has 0 bridgehead atoms. The molecule has 108 valence electrons. The average Bonchev–Trinajstić information content (AvgIpc) is 2.83. The maximum Gasteiger partial charge on any atom is 0.270 e. The van der Waals surface area contributed by atoms with Crippen LogP contribution >= 0.6 is 12.2 Å². The van der Waals surface area contributed by atoms with Gasteiger partial charge in [-0.1, -0.05) is 11.2 Å². The molecule has 10 nitrogen and oxygen atoms in total. The van der Waals surface area contributed by atoms with Crippen molar-refractivity contribution in [3.8, 4) is 0 Å². The quantitative estimate of drug-likeness (QED) is 0.469. The summed E-state index contributed by atoms with van der Waals surface area (Å²) in [6.45, 7) is 0. The molecule has 1 heterocycles. The van der Waals surface area contributed by atoms with Gasteiger partial charge in [-0.3, -0.25) is 25.5 Å². The maximum absolute atomic E-state index is 11.9. The van der Waals surface area contributed by atoms with Gasteiger partial charge in [0.2, 0.25) is 0 Å². The Morgan fingerprint density at radius 2 is 2.24 bits per heavy atom. The molecule has 0 aliphatic rings. The first-order valence-electron chi connectivity index (χ1n) is 5.56. The van der Waals surface area contributed by atoms with Gasteiger partial charge in [-0.2, -0.15) is 4.80 Å². The normalized spacial score (nSPS) is 9.95. The summed E-state index contributed by atoms with van der Waals surface area (Å²) < 4.78 is 0. The Kier molecular flexibility index (Phi) is 4.13. The number of nitro benzene ring substituents is 1. The summed E-state index contributed by atoms with van der Waals surface area (Å²) in [5.74, 6) is -0.457. The Balaban J connectivity index is 2.02. The first-order valence-corrected chi connectivity index (χ1v) is 5.97. The summed E-state index contributed by atoms with van der Waals surface area (Å²) >= 11 is 4.91. The van der Waals surface area contributed by atoms with Crippen molar-refractivity contribution in [3.05, 3.63) is 39.9 Å². The molecular formula is C10H9N7O3S. The van der Waals surface area contributed by atoms with Crippen LogP contribution in [0.5, 0.6) is 0 Å². The van der Waals surface area contributed by atoms with Gasteiger partial charge < -0.3 is 0 Å². The number of rotatable bonds is 3. The van der Waals surface area contributed by atoms with Crippen LogP contribution in [0, 0.1) is 10.1 Å². The fraction of sp³-hybridized carbons (Fsp3) is 0.100. The van der Waals surface area contributed by atoms with Gasteiger partial charge in [0.05, 0.1) is 12.0 Å². The van der Waals surface area contributed by atoms with E-state index in [9.17, 15) is 14.9 Å². The summed E-state index contributed by atoms with van der Waals surface area (Å²) in [5, 5.41) is 26.6. The van der Waals surface area contributed by atoms with Crippen LogP contribution in [-0.4, -0.2) is 36.2 Å². The third-order valence-corrected chi connectivity index (χ3v) is 2.48. The Labute approximate surface area is 123 Å². The summed E-state index contributed by atoms with van der Waals surface area (Å²) in [7, 11) is 1.57. The van der Waals surface area contributed by atoms with Crippen molar-refractivity contribution in [3.63, 3.8) is 0 Å². The molecule has 0 spiro atoms. The smallest absolute Gasteiger partial charge is 0.270 e. The van der Waals surface area contributed by atoms with E-state index in [4.69, 9.17) is 12.2 Å². The van der Waals surface area contributed by atoms with E-state index in [1.54, 1.807) is 7.05 Å². The second-order valence-corrected chi connectivity index (χ2v) is 4.23. The molecule has 2 rings (SSSR count). The number of nitrogens with zero attached hydrogens (tertiary/aromatic N) is 5. The molecule has 0 aliphatic heterocycles. The van der Waals surface area contributed by atoms with Gasteiger partial charge in [0.25, 0.3) is 17.5 Å². The minimum absolute atomic E-state index is 0.0421. The highest BCUT2D eigenvalue weighted by Gasteiger charge is 2.13. The Hall–Kier alpha value is -2.95. The van der Waals surface area contributed by atoms with Crippen molar-refractivity contribution in [1.29, 1.82) is 0 Å². The summed E-state index contributed by atoms with van der Waals surface area (Å²) in [6.07, 6.45) is 0. The number of thiocarbonyl (C=S) groups is 1. The minimum atomic E-state index is -0.586. The number of aromatic nitrogens is 4. The summed E-state index contributed by atoms with van der Waals surface area (Å²) in [5.41, 5.74) is -0.0717. The first kappa shape index (κ1) is 14.5. The zero-order chi connectivity index (χ0) is 15.4. The Morgan fingerprint density at radius 1 is 1.48 bits per heavy atom. The van der Waals surface area contributed by atoms with E-state index < -0.39 is 10.8 Å². The predicted molar refractivity (Wildman–Crippen MR) is 75.6 cm³/mol. The van der Waals surface area contributed by atoms with Gasteiger partial charge in [0.15, 0.2) is 5.11 Å². The fourth-order valence-corrected chi connectivity index (χ4v) is 1.59. The number of tetrazole rings is 1. The largest absolute Gasteiger partial charge is 0.299 e. The number of hydrogen-bond donors (Lipinski definition) is 2. The lowest BCUT2D eigenvalue weighted by molar-refractivity contribution is -0.384. The summed E-state index contributed by atoms with van der Waals surface area (Å²) in [4.78, 5) is 23.2. The molecule has 0 radical (unpaired) electrons. The molecule has 2 N–H and O–H groups in total. The van der Waals surface area contributed by atoms with Crippen molar-refractivity contribution < 1.29 is 9.72 Å². The number of nitrogens with one attached hydrogen (secondary N) is 2. The molecule has 0 saturated heterocycles. The monoisotopic (exact) mass is 307 g/mol. The average molecular weight is 307 g/mol. The molecule has 0 aliphatic carbocycles. The highest BCUT2D eigenvalue weighted by atomic mass is 32.1. The van der Waals surface area contributed by atoms with E-state index in [-0.39, 0.29) is 22.3 Å². The molecule has 1 amide bonds. The molecule has 2 aromatic rings.